The van der Waals surface area contributed by atoms with E-state index in [1.54, 1.807) is 0 Å². The number of rotatable bonds is 7. The van der Waals surface area contributed by atoms with Crippen molar-refractivity contribution in [3.05, 3.63) is 11.6 Å². The number of ether oxygens (including phenoxy) is 8. The summed E-state index contributed by atoms with van der Waals surface area (Å²) in [6.07, 6.45) is -10.4. The van der Waals surface area contributed by atoms with E-state index in [2.05, 4.69) is 33.8 Å². The third-order valence-electron chi connectivity index (χ3n) is 17.6. The van der Waals surface area contributed by atoms with E-state index in [9.17, 15) is 40.9 Å². The summed E-state index contributed by atoms with van der Waals surface area (Å²) in [5, 5.41) is 85.9. The lowest BCUT2D eigenvalue weighted by Gasteiger charge is -2.58. The zero-order valence-electron chi connectivity index (χ0n) is 36.5. The molecule has 0 amide bonds. The summed E-state index contributed by atoms with van der Waals surface area (Å²) in [5.41, 5.74) is 1.53. The van der Waals surface area contributed by atoms with Gasteiger partial charge in [0.15, 0.2) is 24.7 Å². The van der Waals surface area contributed by atoms with Crippen LogP contribution in [-0.4, -0.2) is 164 Å². The van der Waals surface area contributed by atoms with Crippen molar-refractivity contribution in [2.24, 2.45) is 46.3 Å². The van der Waals surface area contributed by atoms with Gasteiger partial charge in [-0.05, 0) is 106 Å². The van der Waals surface area contributed by atoms with Gasteiger partial charge in [0.25, 0.3) is 0 Å². The van der Waals surface area contributed by atoms with Crippen LogP contribution in [0.25, 0.3) is 0 Å². The van der Waals surface area contributed by atoms with Gasteiger partial charge in [0.2, 0.25) is 0 Å². The highest BCUT2D eigenvalue weighted by molar-refractivity contribution is 5.26. The third-order valence-corrected chi connectivity index (χ3v) is 17.6. The second-order valence-corrected chi connectivity index (χ2v) is 21.1. The van der Waals surface area contributed by atoms with Crippen molar-refractivity contribution in [3.63, 3.8) is 0 Å². The van der Waals surface area contributed by atoms with Crippen molar-refractivity contribution in [3.8, 4) is 0 Å². The normalized spacial score (nSPS) is 58.4. The first-order valence-electron chi connectivity index (χ1n) is 23.2. The van der Waals surface area contributed by atoms with Gasteiger partial charge in [-0.15, -0.1) is 0 Å². The Morgan fingerprint density at radius 1 is 0.689 bits per heavy atom. The first-order chi connectivity index (χ1) is 28.9. The summed E-state index contributed by atoms with van der Waals surface area (Å²) in [6, 6.07) is 0. The minimum Gasteiger partial charge on any atom is -0.394 e. The summed E-state index contributed by atoms with van der Waals surface area (Å²) in [5.74, 6) is 2.64. The van der Waals surface area contributed by atoms with Gasteiger partial charge in [-0.25, -0.2) is 0 Å². The standard InChI is InChI=1S/C45H72O16/c1-19-9-14-45(54-18-19)20(2)30-28(61-45)16-27-25-8-7-23-15-24(10-12-43(23,5)26(25)11-13-44(27,30)6)57-42-39(60-41-36(52)34(50)32(48)22(4)56-41)37(53)38(29(17-46)58-42)59-40-35(51)33(49)31(47)21(3)55-40/h7,19-22,24-42,46-53H,8-18H2,1-6H3/t19-,20+,21+,22+,24?,25-,26+,27+,28+,29-,30+,31+,32+,33-,34-,35-,36-,37+,38-,39-,40+,41+,42-,43+,44+,45-/m1/s1. The Labute approximate surface area is 358 Å². The molecule has 0 aromatic carbocycles. The lowest BCUT2D eigenvalue weighted by atomic mass is 9.47. The zero-order valence-corrected chi connectivity index (χ0v) is 36.5. The Bertz CT molecular complexity index is 1590. The molecule has 0 radical (unpaired) electrons. The third kappa shape index (κ3) is 7.42. The van der Waals surface area contributed by atoms with E-state index in [0.717, 1.165) is 45.1 Å². The predicted octanol–water partition coefficient (Wildman–Crippen LogP) is 1.24. The lowest BCUT2D eigenvalue weighted by Crippen LogP contribution is -2.66. The molecule has 0 bridgehead atoms. The molecule has 3 saturated carbocycles. The zero-order chi connectivity index (χ0) is 43.5. The van der Waals surface area contributed by atoms with Gasteiger partial charge in [-0.1, -0.05) is 39.3 Å². The molecule has 5 aliphatic heterocycles. The highest BCUT2D eigenvalue weighted by Gasteiger charge is 2.69. The molecule has 1 spiro atoms. The summed E-state index contributed by atoms with van der Waals surface area (Å²) in [6.45, 7) is 12.7. The summed E-state index contributed by atoms with van der Waals surface area (Å²) in [4.78, 5) is 0. The van der Waals surface area contributed by atoms with Crippen LogP contribution < -0.4 is 0 Å². The van der Waals surface area contributed by atoms with E-state index in [1.807, 2.05) is 0 Å². The van der Waals surface area contributed by atoms with E-state index in [4.69, 9.17) is 37.9 Å². The molecule has 8 N–H and O–H groups in total. The highest BCUT2D eigenvalue weighted by Crippen LogP contribution is 2.70. The fourth-order valence-corrected chi connectivity index (χ4v) is 14.0. The smallest absolute Gasteiger partial charge is 0.187 e. The van der Waals surface area contributed by atoms with Gasteiger partial charge in [-0.3, -0.25) is 0 Å². The lowest BCUT2D eigenvalue weighted by molar-refractivity contribution is -0.388. The Hall–Kier alpha value is -0.900. The average Bonchev–Trinajstić information content (AvgIpc) is 3.69. The monoisotopic (exact) mass is 868 g/mol. The predicted molar refractivity (Wildman–Crippen MR) is 213 cm³/mol. The van der Waals surface area contributed by atoms with Crippen molar-refractivity contribution < 1.29 is 78.7 Å². The van der Waals surface area contributed by atoms with Gasteiger partial charge in [0.05, 0.1) is 37.6 Å². The molecule has 26 atom stereocenters. The maximum absolute atomic E-state index is 12.0. The minimum atomic E-state index is -1.71. The Balaban J connectivity index is 0.916. The Morgan fingerprint density at radius 2 is 1.34 bits per heavy atom. The summed E-state index contributed by atoms with van der Waals surface area (Å²) < 4.78 is 50.1. The number of fused-ring (bicyclic) bond motifs is 7. The molecule has 0 aromatic heterocycles. The first kappa shape index (κ1) is 45.3. The molecule has 4 aliphatic carbocycles. The first-order valence-corrected chi connectivity index (χ1v) is 23.2. The summed E-state index contributed by atoms with van der Waals surface area (Å²) in [7, 11) is 0. The van der Waals surface area contributed by atoms with Gasteiger partial charge in [0.1, 0.15) is 61.0 Å². The Kier molecular flexibility index (Phi) is 12.4. The molecule has 5 heterocycles. The van der Waals surface area contributed by atoms with Crippen LogP contribution in [-0.2, 0) is 37.9 Å². The second-order valence-electron chi connectivity index (χ2n) is 21.1. The number of allylic oxidation sites excluding steroid dienone is 1. The maximum Gasteiger partial charge on any atom is 0.187 e. The van der Waals surface area contributed by atoms with Gasteiger partial charge < -0.3 is 78.7 Å². The molecule has 0 aromatic rings. The maximum atomic E-state index is 12.0. The van der Waals surface area contributed by atoms with Gasteiger partial charge in [0, 0.05) is 12.3 Å². The fourth-order valence-electron chi connectivity index (χ4n) is 14.0. The van der Waals surface area contributed by atoms with E-state index in [1.165, 1.54) is 25.8 Å². The topological polar surface area (TPSA) is 236 Å². The minimum absolute atomic E-state index is 0.0171. The SMILES string of the molecule is C[C@@H]1CC[C@@]2(OC1)O[C@H]1C[C@H]3[C@@H]4CC=C5CC(O[C@@H]6O[C@H](CO)[C@@H](O[C@@H]7O[C@@H](C)[C@H](O)[C@@H](O)[C@H]7O)[C@H](O)[C@H]6O[C@@H]6O[C@@H](C)[C@H](O)[C@@H](O)[C@H]6O)CC[C@]5(C)[C@H]4CC[C@]3(C)[C@H]1[C@@H]2C. The van der Waals surface area contributed by atoms with E-state index in [0.29, 0.717) is 48.3 Å². The molecule has 8 fully saturated rings. The van der Waals surface area contributed by atoms with Crippen molar-refractivity contribution in [2.45, 2.75) is 209 Å². The number of aliphatic hydroxyl groups excluding tert-OH is 8. The van der Waals surface area contributed by atoms with Crippen LogP contribution in [0.2, 0.25) is 0 Å². The van der Waals surface area contributed by atoms with Crippen molar-refractivity contribution >= 4 is 0 Å². The molecular weight excluding hydrogens is 796 g/mol. The molecule has 1 unspecified atom stereocenters. The quantitative estimate of drug-likeness (QED) is 0.168. The Morgan fingerprint density at radius 3 is 1.97 bits per heavy atom. The molecule has 16 heteroatoms. The van der Waals surface area contributed by atoms with Crippen LogP contribution in [0.3, 0.4) is 0 Å². The van der Waals surface area contributed by atoms with Crippen LogP contribution in [0.1, 0.15) is 99.3 Å². The van der Waals surface area contributed by atoms with Gasteiger partial charge in [-0.2, -0.15) is 0 Å². The second kappa shape index (κ2) is 16.8. The van der Waals surface area contributed by atoms with E-state index < -0.39 is 105 Å². The molecule has 5 saturated heterocycles. The van der Waals surface area contributed by atoms with Gasteiger partial charge >= 0.3 is 0 Å². The summed E-state index contributed by atoms with van der Waals surface area (Å²) >= 11 is 0. The van der Waals surface area contributed by atoms with E-state index in [-0.39, 0.29) is 23.0 Å². The largest absolute Gasteiger partial charge is 0.394 e. The number of hydrogen-bond donors (Lipinski definition) is 8. The van der Waals surface area contributed by atoms with Crippen LogP contribution in [0.5, 0.6) is 0 Å². The number of aliphatic hydroxyl groups is 8. The highest BCUT2D eigenvalue weighted by atomic mass is 16.8. The van der Waals surface area contributed by atoms with Crippen molar-refractivity contribution in [1.82, 2.24) is 0 Å². The van der Waals surface area contributed by atoms with Crippen LogP contribution >= 0.6 is 0 Å². The molecule has 9 rings (SSSR count). The molecular formula is C45H72O16. The molecule has 9 aliphatic rings. The average molecular weight is 869 g/mol. The van der Waals surface area contributed by atoms with Crippen LogP contribution in [0, 0.1) is 46.3 Å². The van der Waals surface area contributed by atoms with Crippen molar-refractivity contribution in [2.75, 3.05) is 13.2 Å². The van der Waals surface area contributed by atoms with Crippen LogP contribution in [0.4, 0.5) is 0 Å². The molecule has 61 heavy (non-hydrogen) atoms. The molecule has 16 nitrogen and oxygen atoms in total. The van der Waals surface area contributed by atoms with Crippen molar-refractivity contribution in [1.29, 1.82) is 0 Å². The number of hydrogen-bond acceptors (Lipinski definition) is 16. The molecule has 348 valence electrons. The van der Waals surface area contributed by atoms with Crippen LogP contribution in [0.15, 0.2) is 11.6 Å². The fraction of sp³-hybridized carbons (Fsp3) is 0.956. The van der Waals surface area contributed by atoms with E-state index >= 15 is 0 Å².